The summed E-state index contributed by atoms with van der Waals surface area (Å²) in [4.78, 5) is 17.0. The molecule has 0 unspecified atom stereocenters. The predicted octanol–water partition coefficient (Wildman–Crippen LogP) is 1.63. The van der Waals surface area contributed by atoms with Crippen molar-refractivity contribution in [3.05, 3.63) is 29.2 Å². The van der Waals surface area contributed by atoms with Crippen LogP contribution in [0.25, 0.3) is 0 Å². The fraction of sp³-hybridized carbons (Fsp3) is 0.273. The van der Waals surface area contributed by atoms with Gasteiger partial charge in [-0.3, -0.25) is 5.43 Å². The Labute approximate surface area is 109 Å². The minimum atomic E-state index is 0.382. The molecule has 0 saturated carbocycles. The summed E-state index contributed by atoms with van der Waals surface area (Å²) in [6.45, 7) is 5.82. The number of nitrogen functional groups attached to an aromatic ring is 1. The zero-order valence-electron chi connectivity index (χ0n) is 10.4. The third-order valence-corrected chi connectivity index (χ3v) is 3.18. The van der Waals surface area contributed by atoms with Crippen LogP contribution in [0.1, 0.15) is 17.0 Å². The third kappa shape index (κ3) is 2.93. The van der Waals surface area contributed by atoms with E-state index in [2.05, 4.69) is 25.4 Å². The molecule has 7 heteroatoms. The Morgan fingerprint density at radius 1 is 1.11 bits per heavy atom. The van der Waals surface area contributed by atoms with Gasteiger partial charge in [0.15, 0.2) is 5.16 Å². The fourth-order valence-electron chi connectivity index (χ4n) is 1.42. The van der Waals surface area contributed by atoms with Crippen LogP contribution in [0.15, 0.2) is 22.4 Å². The Morgan fingerprint density at radius 3 is 2.39 bits per heavy atom. The molecule has 2 rings (SSSR count). The third-order valence-electron chi connectivity index (χ3n) is 2.20. The highest BCUT2D eigenvalue weighted by Gasteiger charge is 2.08. The second-order valence-electron chi connectivity index (χ2n) is 3.86. The molecule has 2 aromatic heterocycles. The second-order valence-corrected chi connectivity index (χ2v) is 4.82. The molecule has 0 spiro atoms. The first-order valence-corrected chi connectivity index (χ1v) is 6.20. The Bertz CT molecular complexity index is 551. The fourth-order valence-corrected chi connectivity index (χ4v) is 2.32. The van der Waals surface area contributed by atoms with E-state index in [-0.39, 0.29) is 0 Å². The molecular weight excluding hydrogens is 248 g/mol. The van der Waals surface area contributed by atoms with Crippen molar-refractivity contribution in [2.45, 2.75) is 31.0 Å². The van der Waals surface area contributed by atoms with Crippen molar-refractivity contribution in [3.63, 3.8) is 0 Å². The van der Waals surface area contributed by atoms with Gasteiger partial charge in [-0.25, -0.2) is 25.8 Å². The van der Waals surface area contributed by atoms with Crippen LogP contribution in [0.3, 0.4) is 0 Å². The molecule has 0 saturated heterocycles. The molecule has 18 heavy (non-hydrogen) atoms. The molecule has 2 heterocycles. The van der Waals surface area contributed by atoms with Crippen molar-refractivity contribution in [1.82, 2.24) is 19.9 Å². The Balaban J connectivity index is 2.33. The molecule has 0 aliphatic carbocycles. The summed E-state index contributed by atoms with van der Waals surface area (Å²) >= 11 is 1.40. The Kier molecular flexibility index (Phi) is 3.73. The maximum atomic E-state index is 5.29. The summed E-state index contributed by atoms with van der Waals surface area (Å²) < 4.78 is 0. The van der Waals surface area contributed by atoms with E-state index in [4.69, 9.17) is 5.84 Å². The number of anilines is 1. The van der Waals surface area contributed by atoms with Gasteiger partial charge in [0.1, 0.15) is 5.03 Å². The minimum Gasteiger partial charge on any atom is -0.292 e. The molecule has 0 aliphatic rings. The van der Waals surface area contributed by atoms with E-state index >= 15 is 0 Å². The number of nitrogens with zero attached hydrogens (tertiary/aromatic N) is 4. The Morgan fingerprint density at radius 2 is 1.78 bits per heavy atom. The topological polar surface area (TPSA) is 89.6 Å². The minimum absolute atomic E-state index is 0.382. The van der Waals surface area contributed by atoms with E-state index in [0.717, 1.165) is 22.0 Å². The molecule has 0 bridgehead atoms. The van der Waals surface area contributed by atoms with Crippen LogP contribution >= 0.6 is 11.8 Å². The maximum absolute atomic E-state index is 5.29. The van der Waals surface area contributed by atoms with Gasteiger partial charge in [0.25, 0.3) is 0 Å². The summed E-state index contributed by atoms with van der Waals surface area (Å²) in [5.41, 5.74) is 5.26. The van der Waals surface area contributed by atoms with E-state index in [1.807, 2.05) is 26.8 Å². The summed E-state index contributed by atoms with van der Waals surface area (Å²) in [5, 5.41) is 1.47. The number of hydrogen-bond acceptors (Lipinski definition) is 7. The molecule has 0 amide bonds. The van der Waals surface area contributed by atoms with Crippen LogP contribution in [0.5, 0.6) is 0 Å². The smallest absolute Gasteiger partial charge is 0.238 e. The number of hydrogen-bond donors (Lipinski definition) is 2. The summed E-state index contributed by atoms with van der Waals surface area (Å²) in [6.07, 6.45) is 1.72. The van der Waals surface area contributed by atoms with Gasteiger partial charge in [0, 0.05) is 23.1 Å². The zero-order chi connectivity index (χ0) is 13.1. The van der Waals surface area contributed by atoms with Crippen molar-refractivity contribution in [3.8, 4) is 0 Å². The number of aromatic nitrogens is 4. The van der Waals surface area contributed by atoms with Crippen molar-refractivity contribution in [2.24, 2.45) is 5.84 Å². The Hall–Kier alpha value is -1.73. The highest BCUT2D eigenvalue weighted by molar-refractivity contribution is 7.99. The summed E-state index contributed by atoms with van der Waals surface area (Å²) in [7, 11) is 0. The first-order chi connectivity index (χ1) is 8.58. The number of rotatable bonds is 3. The van der Waals surface area contributed by atoms with Gasteiger partial charge in [-0.2, -0.15) is 0 Å². The lowest BCUT2D eigenvalue weighted by molar-refractivity contribution is 0.894. The average Bonchev–Trinajstić information content (AvgIpc) is 2.30. The summed E-state index contributed by atoms with van der Waals surface area (Å²) in [5.74, 6) is 5.68. The largest absolute Gasteiger partial charge is 0.292 e. The van der Waals surface area contributed by atoms with E-state index in [1.165, 1.54) is 11.8 Å². The highest BCUT2D eigenvalue weighted by Crippen LogP contribution is 2.26. The van der Waals surface area contributed by atoms with Gasteiger partial charge < -0.3 is 0 Å². The number of hydrazine groups is 1. The van der Waals surface area contributed by atoms with Gasteiger partial charge in [0.05, 0.1) is 0 Å². The first kappa shape index (κ1) is 12.7. The van der Waals surface area contributed by atoms with Crippen molar-refractivity contribution >= 4 is 17.7 Å². The molecule has 6 nitrogen and oxygen atoms in total. The summed E-state index contributed by atoms with van der Waals surface area (Å²) in [6, 6.07) is 1.93. The molecule has 0 radical (unpaired) electrons. The first-order valence-electron chi connectivity index (χ1n) is 5.39. The number of aryl methyl sites for hydroxylation is 3. The van der Waals surface area contributed by atoms with Gasteiger partial charge in [-0.05, 0) is 38.6 Å². The van der Waals surface area contributed by atoms with E-state index in [0.29, 0.717) is 11.1 Å². The molecule has 3 N–H and O–H groups in total. The standard InChI is InChI=1S/C11H14N6S/c1-6-5-13-10(17-12)16-9(6)18-11-14-7(2)4-8(3)15-11/h4-5H,12H2,1-3H3,(H,13,16,17). The second kappa shape index (κ2) is 5.28. The van der Waals surface area contributed by atoms with Crippen molar-refractivity contribution in [1.29, 1.82) is 0 Å². The van der Waals surface area contributed by atoms with Crippen LogP contribution in [-0.2, 0) is 0 Å². The van der Waals surface area contributed by atoms with Crippen LogP contribution in [0, 0.1) is 20.8 Å². The normalized spacial score (nSPS) is 10.4. The van der Waals surface area contributed by atoms with Crippen molar-refractivity contribution in [2.75, 3.05) is 5.43 Å². The van der Waals surface area contributed by atoms with Gasteiger partial charge in [-0.15, -0.1) is 0 Å². The lowest BCUT2D eigenvalue weighted by atomic mass is 10.4. The maximum Gasteiger partial charge on any atom is 0.238 e. The van der Waals surface area contributed by atoms with E-state index in [1.54, 1.807) is 6.20 Å². The van der Waals surface area contributed by atoms with Crippen LogP contribution < -0.4 is 11.3 Å². The monoisotopic (exact) mass is 262 g/mol. The molecule has 0 fully saturated rings. The highest BCUT2D eigenvalue weighted by atomic mass is 32.2. The van der Waals surface area contributed by atoms with E-state index in [9.17, 15) is 0 Å². The van der Waals surface area contributed by atoms with Crippen LogP contribution in [0.4, 0.5) is 5.95 Å². The molecule has 0 atom stereocenters. The number of nitrogens with one attached hydrogen (secondary N) is 1. The SMILES string of the molecule is Cc1cc(C)nc(Sc2nc(NN)ncc2C)n1. The van der Waals surface area contributed by atoms with Gasteiger partial charge in [-0.1, -0.05) is 0 Å². The number of nitrogens with two attached hydrogens (primary N) is 1. The van der Waals surface area contributed by atoms with Crippen LogP contribution in [0.2, 0.25) is 0 Å². The molecule has 2 aromatic rings. The molecule has 0 aliphatic heterocycles. The molecule has 0 aromatic carbocycles. The lowest BCUT2D eigenvalue weighted by Crippen LogP contribution is -2.11. The van der Waals surface area contributed by atoms with Gasteiger partial charge >= 0.3 is 0 Å². The van der Waals surface area contributed by atoms with E-state index < -0.39 is 0 Å². The molecule has 94 valence electrons. The zero-order valence-corrected chi connectivity index (χ0v) is 11.2. The molecular formula is C11H14N6S. The average molecular weight is 262 g/mol. The van der Waals surface area contributed by atoms with Crippen LogP contribution in [-0.4, -0.2) is 19.9 Å². The quantitative estimate of drug-likeness (QED) is 0.376. The van der Waals surface area contributed by atoms with Gasteiger partial charge in [0.2, 0.25) is 5.95 Å². The predicted molar refractivity (Wildman–Crippen MR) is 70.2 cm³/mol. The van der Waals surface area contributed by atoms with Crippen molar-refractivity contribution < 1.29 is 0 Å². The lowest BCUT2D eigenvalue weighted by Gasteiger charge is -2.06.